The number of aryl methyl sites for hydroxylation is 1. The second kappa shape index (κ2) is 15.6. The summed E-state index contributed by atoms with van der Waals surface area (Å²) in [6, 6.07) is 4.20. The fourth-order valence-electron chi connectivity index (χ4n) is 2.96. The number of aliphatic hydroxyl groups is 1. The Hall–Kier alpha value is -2.21. The summed E-state index contributed by atoms with van der Waals surface area (Å²) in [4.78, 5) is 16.8. The summed E-state index contributed by atoms with van der Waals surface area (Å²) >= 11 is 0. The van der Waals surface area contributed by atoms with E-state index in [2.05, 4.69) is 50.0 Å². The van der Waals surface area contributed by atoms with Crippen LogP contribution in [-0.2, 0) is 6.42 Å². The van der Waals surface area contributed by atoms with Crippen molar-refractivity contribution in [2.75, 3.05) is 38.0 Å². The van der Waals surface area contributed by atoms with Crippen molar-refractivity contribution >= 4 is 11.6 Å². The van der Waals surface area contributed by atoms with Crippen molar-refractivity contribution in [3.8, 4) is 11.3 Å². The molecule has 0 aliphatic rings. The topological polar surface area (TPSA) is 74.2 Å². The SMILES string of the molecule is CC.CCCO.CC[C@H](C)Cc1nc(C)c(-c2ccc(C(C)C)nc2NC)nc1N(C)C. The van der Waals surface area contributed by atoms with E-state index in [1.165, 1.54) is 0 Å². The van der Waals surface area contributed by atoms with Gasteiger partial charge in [0.15, 0.2) is 5.82 Å². The number of hydrogen-bond donors (Lipinski definition) is 2. The van der Waals surface area contributed by atoms with Crippen molar-refractivity contribution in [3.63, 3.8) is 0 Å². The van der Waals surface area contributed by atoms with E-state index < -0.39 is 0 Å². The minimum absolute atomic E-state index is 0.319. The summed E-state index contributed by atoms with van der Waals surface area (Å²) in [5.74, 6) is 2.78. The fourth-order valence-corrected chi connectivity index (χ4v) is 2.96. The maximum absolute atomic E-state index is 7.88. The summed E-state index contributed by atoms with van der Waals surface area (Å²) in [7, 11) is 5.97. The quantitative estimate of drug-likeness (QED) is 0.513. The molecule has 0 aliphatic heterocycles. The smallest absolute Gasteiger partial charge is 0.150 e. The molecule has 6 nitrogen and oxygen atoms in total. The number of hydrogen-bond acceptors (Lipinski definition) is 6. The molecule has 2 heterocycles. The van der Waals surface area contributed by atoms with Crippen molar-refractivity contribution in [2.45, 2.75) is 80.6 Å². The molecule has 0 spiro atoms. The first-order chi connectivity index (χ1) is 15.2. The molecular formula is C26H47N5O. The van der Waals surface area contributed by atoms with E-state index in [1.807, 2.05) is 48.8 Å². The number of anilines is 2. The van der Waals surface area contributed by atoms with Crippen LogP contribution in [0.2, 0.25) is 0 Å². The minimum Gasteiger partial charge on any atom is -0.396 e. The Bertz CT molecular complexity index is 788. The summed E-state index contributed by atoms with van der Waals surface area (Å²) < 4.78 is 0. The zero-order valence-corrected chi connectivity index (χ0v) is 22.4. The van der Waals surface area contributed by atoms with Gasteiger partial charge in [0.05, 0.1) is 17.1 Å². The first kappa shape index (κ1) is 29.8. The molecule has 0 aromatic carbocycles. The Morgan fingerprint density at radius 3 is 2.06 bits per heavy atom. The van der Waals surface area contributed by atoms with Crippen LogP contribution in [0, 0.1) is 12.8 Å². The molecule has 32 heavy (non-hydrogen) atoms. The Kier molecular flexibility index (Phi) is 14.5. The average Bonchev–Trinajstić information content (AvgIpc) is 2.79. The predicted octanol–water partition coefficient (Wildman–Crippen LogP) is 6.08. The zero-order valence-electron chi connectivity index (χ0n) is 22.4. The Labute approximate surface area is 196 Å². The van der Waals surface area contributed by atoms with Gasteiger partial charge in [0, 0.05) is 39.0 Å². The number of nitrogens with zero attached hydrogens (tertiary/aromatic N) is 4. The van der Waals surface area contributed by atoms with Gasteiger partial charge in [0.1, 0.15) is 5.82 Å². The first-order valence-electron chi connectivity index (χ1n) is 12.0. The van der Waals surface area contributed by atoms with E-state index >= 15 is 0 Å². The lowest BCUT2D eigenvalue weighted by Crippen LogP contribution is -2.17. The molecule has 2 rings (SSSR count). The molecule has 182 valence electrons. The molecular weight excluding hydrogens is 398 g/mol. The predicted molar refractivity (Wildman–Crippen MR) is 140 cm³/mol. The number of aromatic nitrogens is 3. The standard InChI is InChI=1S/C21H33N5.C3H8O.C2H6/c1-9-14(4)12-18-21(26(7)8)25-19(15(5)23-18)16-10-11-17(13(2)3)24-20(16)22-6;1-2-3-4;1-2/h10-11,13-14H,9,12H2,1-8H3,(H,22,24);4H,2-3H2,1H3;1-2H3/t14-;;/m0../s1. The Morgan fingerprint density at radius 2 is 1.62 bits per heavy atom. The molecule has 2 N–H and O–H groups in total. The van der Waals surface area contributed by atoms with Crippen molar-refractivity contribution in [3.05, 3.63) is 29.2 Å². The third kappa shape index (κ3) is 8.73. The maximum Gasteiger partial charge on any atom is 0.150 e. The molecule has 0 aliphatic carbocycles. The molecule has 0 amide bonds. The zero-order chi connectivity index (χ0) is 24.8. The molecule has 0 radical (unpaired) electrons. The van der Waals surface area contributed by atoms with Crippen molar-refractivity contribution < 1.29 is 5.11 Å². The van der Waals surface area contributed by atoms with E-state index in [9.17, 15) is 0 Å². The second-order valence-electron chi connectivity index (χ2n) is 8.30. The number of pyridine rings is 1. The molecule has 0 saturated heterocycles. The number of aliphatic hydroxyl groups excluding tert-OH is 1. The average molecular weight is 446 g/mol. The van der Waals surface area contributed by atoms with Crippen LogP contribution in [-0.4, -0.2) is 47.8 Å². The van der Waals surface area contributed by atoms with Gasteiger partial charge in [-0.15, -0.1) is 0 Å². The molecule has 0 saturated carbocycles. The number of nitrogens with one attached hydrogen (secondary N) is 1. The van der Waals surface area contributed by atoms with Gasteiger partial charge >= 0.3 is 0 Å². The number of rotatable bonds is 8. The lowest BCUT2D eigenvalue weighted by Gasteiger charge is -2.21. The van der Waals surface area contributed by atoms with Gasteiger partial charge in [-0.2, -0.15) is 0 Å². The molecule has 2 aromatic heterocycles. The third-order valence-electron chi connectivity index (χ3n) is 5.01. The van der Waals surface area contributed by atoms with Crippen LogP contribution in [0.4, 0.5) is 11.6 Å². The van der Waals surface area contributed by atoms with E-state index in [1.54, 1.807) is 0 Å². The van der Waals surface area contributed by atoms with Crippen LogP contribution >= 0.6 is 0 Å². The maximum atomic E-state index is 7.88. The Morgan fingerprint density at radius 1 is 1.03 bits per heavy atom. The molecule has 1 atom stereocenters. The monoisotopic (exact) mass is 445 g/mol. The highest BCUT2D eigenvalue weighted by Gasteiger charge is 2.18. The van der Waals surface area contributed by atoms with Crippen LogP contribution in [0.5, 0.6) is 0 Å². The largest absolute Gasteiger partial charge is 0.396 e. The first-order valence-corrected chi connectivity index (χ1v) is 12.0. The summed E-state index contributed by atoms with van der Waals surface area (Å²) in [6.07, 6.45) is 2.96. The highest BCUT2D eigenvalue weighted by molar-refractivity contribution is 5.75. The lowest BCUT2D eigenvalue weighted by molar-refractivity contribution is 0.295. The van der Waals surface area contributed by atoms with Gasteiger partial charge in [0.25, 0.3) is 0 Å². The van der Waals surface area contributed by atoms with E-state index in [4.69, 9.17) is 20.1 Å². The third-order valence-corrected chi connectivity index (χ3v) is 5.01. The van der Waals surface area contributed by atoms with E-state index in [0.717, 1.165) is 59.2 Å². The summed E-state index contributed by atoms with van der Waals surface area (Å²) in [5, 5.41) is 11.1. The highest BCUT2D eigenvalue weighted by atomic mass is 16.2. The molecule has 6 heteroatoms. The van der Waals surface area contributed by atoms with Crippen LogP contribution in [0.3, 0.4) is 0 Å². The molecule has 0 bridgehead atoms. The van der Waals surface area contributed by atoms with E-state index in [-0.39, 0.29) is 0 Å². The van der Waals surface area contributed by atoms with Crippen LogP contribution in [0.15, 0.2) is 12.1 Å². The molecule has 0 fully saturated rings. The van der Waals surface area contributed by atoms with Crippen LogP contribution < -0.4 is 10.2 Å². The van der Waals surface area contributed by atoms with Gasteiger partial charge in [-0.3, -0.25) is 4.98 Å². The summed E-state index contributed by atoms with van der Waals surface area (Å²) in [5.41, 5.74) is 4.99. The summed E-state index contributed by atoms with van der Waals surface area (Å²) in [6.45, 7) is 17.1. The minimum atomic E-state index is 0.319. The van der Waals surface area contributed by atoms with Crippen LogP contribution in [0.25, 0.3) is 11.3 Å². The van der Waals surface area contributed by atoms with Crippen molar-refractivity contribution in [1.29, 1.82) is 0 Å². The van der Waals surface area contributed by atoms with Gasteiger partial charge in [0.2, 0.25) is 0 Å². The lowest BCUT2D eigenvalue weighted by atomic mass is 10.0. The normalized spacial score (nSPS) is 11.2. The molecule has 2 aromatic rings. The highest BCUT2D eigenvalue weighted by Crippen LogP contribution is 2.31. The fraction of sp³-hybridized carbons (Fsp3) is 0.654. The van der Waals surface area contributed by atoms with Gasteiger partial charge in [-0.05, 0) is 43.7 Å². The van der Waals surface area contributed by atoms with Crippen LogP contribution in [0.1, 0.15) is 84.3 Å². The van der Waals surface area contributed by atoms with E-state index in [0.29, 0.717) is 18.4 Å². The van der Waals surface area contributed by atoms with Gasteiger partial charge in [-0.1, -0.05) is 54.9 Å². The molecule has 0 unspecified atom stereocenters. The van der Waals surface area contributed by atoms with Gasteiger partial charge in [-0.25, -0.2) is 9.97 Å². The second-order valence-corrected chi connectivity index (χ2v) is 8.30. The Balaban J connectivity index is 0.00000144. The van der Waals surface area contributed by atoms with Crippen molar-refractivity contribution in [1.82, 2.24) is 15.0 Å². The van der Waals surface area contributed by atoms with Gasteiger partial charge < -0.3 is 15.3 Å². The van der Waals surface area contributed by atoms with Crippen molar-refractivity contribution in [2.24, 2.45) is 5.92 Å².